The van der Waals surface area contributed by atoms with Gasteiger partial charge in [0.05, 0.1) is 12.3 Å². The SMILES string of the molecule is CCn1ccc(C2(C)CO2)n1. The third kappa shape index (κ3) is 1.05. The van der Waals surface area contributed by atoms with Crippen LogP contribution >= 0.6 is 0 Å². The van der Waals surface area contributed by atoms with Gasteiger partial charge in [0.1, 0.15) is 5.60 Å². The predicted octanol–water partition coefficient (Wildman–Crippen LogP) is 1.15. The molecule has 0 spiro atoms. The molecule has 2 rings (SSSR count). The van der Waals surface area contributed by atoms with Crippen molar-refractivity contribution >= 4 is 0 Å². The van der Waals surface area contributed by atoms with Gasteiger partial charge in [-0.3, -0.25) is 4.68 Å². The second kappa shape index (κ2) is 2.08. The molecule has 0 amide bonds. The molecule has 0 bridgehead atoms. The topological polar surface area (TPSA) is 30.4 Å². The fourth-order valence-electron chi connectivity index (χ4n) is 1.08. The molecule has 3 nitrogen and oxygen atoms in total. The number of ether oxygens (including phenoxy) is 1. The van der Waals surface area contributed by atoms with Gasteiger partial charge in [-0.05, 0) is 19.9 Å². The number of nitrogens with zero attached hydrogens (tertiary/aromatic N) is 2. The molecule has 0 aliphatic carbocycles. The van der Waals surface area contributed by atoms with Gasteiger partial charge in [-0.2, -0.15) is 5.10 Å². The number of aromatic nitrogens is 2. The van der Waals surface area contributed by atoms with Crippen molar-refractivity contribution in [1.82, 2.24) is 9.78 Å². The Hall–Kier alpha value is -0.830. The summed E-state index contributed by atoms with van der Waals surface area (Å²) < 4.78 is 7.18. The first-order valence-corrected chi connectivity index (χ1v) is 3.92. The van der Waals surface area contributed by atoms with Crippen molar-refractivity contribution in [3.05, 3.63) is 18.0 Å². The molecule has 1 unspecified atom stereocenters. The van der Waals surface area contributed by atoms with Crippen LogP contribution in [0.1, 0.15) is 19.5 Å². The Morgan fingerprint density at radius 3 is 3.00 bits per heavy atom. The summed E-state index contributed by atoms with van der Waals surface area (Å²) in [6, 6.07) is 2.02. The summed E-state index contributed by atoms with van der Waals surface area (Å²) in [6.07, 6.45) is 1.99. The molecule has 1 aromatic rings. The van der Waals surface area contributed by atoms with Gasteiger partial charge in [-0.15, -0.1) is 0 Å². The lowest BCUT2D eigenvalue weighted by Crippen LogP contribution is -2.04. The number of epoxide rings is 1. The maximum absolute atomic E-state index is 5.26. The Bertz CT molecular complexity index is 263. The molecule has 1 aliphatic heterocycles. The minimum Gasteiger partial charge on any atom is -0.363 e. The zero-order valence-electron chi connectivity index (χ0n) is 6.87. The molecule has 2 heterocycles. The standard InChI is InChI=1S/C8H12N2O/c1-3-10-5-4-7(9-10)8(2)6-11-8/h4-5H,3,6H2,1-2H3. The van der Waals surface area contributed by atoms with E-state index in [1.807, 2.05) is 16.9 Å². The number of aryl methyl sites for hydroxylation is 1. The van der Waals surface area contributed by atoms with Crippen LogP contribution in [-0.4, -0.2) is 16.4 Å². The Balaban J connectivity index is 2.25. The van der Waals surface area contributed by atoms with Crippen LogP contribution in [0.25, 0.3) is 0 Å². The molecule has 1 atom stereocenters. The maximum atomic E-state index is 5.26. The monoisotopic (exact) mass is 152 g/mol. The van der Waals surface area contributed by atoms with Crippen molar-refractivity contribution in [1.29, 1.82) is 0 Å². The van der Waals surface area contributed by atoms with Crippen LogP contribution < -0.4 is 0 Å². The first-order valence-electron chi connectivity index (χ1n) is 3.92. The molecule has 0 aromatic carbocycles. The lowest BCUT2D eigenvalue weighted by molar-refractivity contribution is 0.321. The van der Waals surface area contributed by atoms with Gasteiger partial charge in [0.2, 0.25) is 0 Å². The van der Waals surface area contributed by atoms with E-state index in [-0.39, 0.29) is 5.60 Å². The minimum absolute atomic E-state index is 0.0690. The lowest BCUT2D eigenvalue weighted by atomic mass is 10.1. The van der Waals surface area contributed by atoms with Gasteiger partial charge in [-0.1, -0.05) is 0 Å². The fourth-order valence-corrected chi connectivity index (χ4v) is 1.08. The lowest BCUT2D eigenvalue weighted by Gasteiger charge is -1.98. The Kier molecular flexibility index (Phi) is 1.29. The molecular weight excluding hydrogens is 140 g/mol. The molecule has 1 saturated heterocycles. The first-order chi connectivity index (χ1) is 5.24. The van der Waals surface area contributed by atoms with E-state index in [0.717, 1.165) is 18.8 Å². The molecule has 0 saturated carbocycles. The van der Waals surface area contributed by atoms with Crippen molar-refractivity contribution in [2.75, 3.05) is 6.61 Å². The predicted molar refractivity (Wildman–Crippen MR) is 41.2 cm³/mol. The van der Waals surface area contributed by atoms with Gasteiger partial charge in [-0.25, -0.2) is 0 Å². The van der Waals surface area contributed by atoms with Crippen molar-refractivity contribution in [3.63, 3.8) is 0 Å². The van der Waals surface area contributed by atoms with Gasteiger partial charge >= 0.3 is 0 Å². The third-order valence-electron chi connectivity index (χ3n) is 2.08. The highest BCUT2D eigenvalue weighted by molar-refractivity contribution is 5.14. The Morgan fingerprint density at radius 1 is 1.82 bits per heavy atom. The second-order valence-corrected chi connectivity index (χ2v) is 3.08. The zero-order valence-corrected chi connectivity index (χ0v) is 6.87. The molecule has 1 aromatic heterocycles. The second-order valence-electron chi connectivity index (χ2n) is 3.08. The number of hydrogen-bond acceptors (Lipinski definition) is 2. The average molecular weight is 152 g/mol. The fraction of sp³-hybridized carbons (Fsp3) is 0.625. The van der Waals surface area contributed by atoms with Crippen molar-refractivity contribution < 1.29 is 4.74 Å². The van der Waals surface area contributed by atoms with E-state index in [9.17, 15) is 0 Å². The van der Waals surface area contributed by atoms with Crippen LogP contribution in [0.2, 0.25) is 0 Å². The van der Waals surface area contributed by atoms with E-state index in [2.05, 4.69) is 18.9 Å². The Morgan fingerprint density at radius 2 is 2.55 bits per heavy atom. The molecule has 60 valence electrons. The highest BCUT2D eigenvalue weighted by atomic mass is 16.6. The smallest absolute Gasteiger partial charge is 0.132 e. The third-order valence-corrected chi connectivity index (χ3v) is 2.08. The summed E-state index contributed by atoms with van der Waals surface area (Å²) in [6.45, 7) is 5.88. The van der Waals surface area contributed by atoms with Crippen LogP contribution in [-0.2, 0) is 16.9 Å². The first kappa shape index (κ1) is 6.85. The van der Waals surface area contributed by atoms with Crippen LogP contribution in [0.4, 0.5) is 0 Å². The normalized spacial score (nSPS) is 28.9. The van der Waals surface area contributed by atoms with E-state index in [1.165, 1.54) is 0 Å². The highest BCUT2D eigenvalue weighted by Gasteiger charge is 2.43. The minimum atomic E-state index is -0.0690. The molecule has 3 heteroatoms. The van der Waals surface area contributed by atoms with Gasteiger partial charge < -0.3 is 4.74 Å². The molecule has 1 fully saturated rings. The molecule has 0 radical (unpaired) electrons. The largest absolute Gasteiger partial charge is 0.363 e. The number of rotatable bonds is 2. The summed E-state index contributed by atoms with van der Waals surface area (Å²) in [7, 11) is 0. The van der Waals surface area contributed by atoms with Crippen LogP contribution in [0.15, 0.2) is 12.3 Å². The molecule has 11 heavy (non-hydrogen) atoms. The maximum Gasteiger partial charge on any atom is 0.132 e. The van der Waals surface area contributed by atoms with Gasteiger partial charge in [0, 0.05) is 12.7 Å². The van der Waals surface area contributed by atoms with Crippen LogP contribution in [0, 0.1) is 0 Å². The van der Waals surface area contributed by atoms with E-state index in [0.29, 0.717) is 0 Å². The quantitative estimate of drug-likeness (QED) is 0.595. The van der Waals surface area contributed by atoms with E-state index >= 15 is 0 Å². The van der Waals surface area contributed by atoms with Crippen LogP contribution in [0.3, 0.4) is 0 Å². The van der Waals surface area contributed by atoms with Crippen molar-refractivity contribution in [2.24, 2.45) is 0 Å². The molecule has 1 aliphatic rings. The van der Waals surface area contributed by atoms with Gasteiger partial charge in [0.15, 0.2) is 0 Å². The summed E-state index contributed by atoms with van der Waals surface area (Å²) in [5.74, 6) is 0. The molecule has 0 N–H and O–H groups in total. The average Bonchev–Trinajstić information content (AvgIpc) is 2.61. The van der Waals surface area contributed by atoms with E-state index in [1.54, 1.807) is 0 Å². The van der Waals surface area contributed by atoms with Gasteiger partial charge in [0.25, 0.3) is 0 Å². The van der Waals surface area contributed by atoms with E-state index in [4.69, 9.17) is 4.74 Å². The summed E-state index contributed by atoms with van der Waals surface area (Å²) in [5, 5.41) is 4.35. The van der Waals surface area contributed by atoms with Crippen molar-refractivity contribution in [3.8, 4) is 0 Å². The summed E-state index contributed by atoms with van der Waals surface area (Å²) in [4.78, 5) is 0. The molecular formula is C8H12N2O. The summed E-state index contributed by atoms with van der Waals surface area (Å²) >= 11 is 0. The van der Waals surface area contributed by atoms with Crippen molar-refractivity contribution in [2.45, 2.75) is 26.0 Å². The van der Waals surface area contributed by atoms with Crippen LogP contribution in [0.5, 0.6) is 0 Å². The Labute approximate surface area is 66.0 Å². The number of hydrogen-bond donors (Lipinski definition) is 0. The van der Waals surface area contributed by atoms with E-state index < -0.39 is 0 Å². The summed E-state index contributed by atoms with van der Waals surface area (Å²) in [5.41, 5.74) is 0.986. The highest BCUT2D eigenvalue weighted by Crippen LogP contribution is 2.36. The zero-order chi connectivity index (χ0) is 7.90.